The Bertz CT molecular complexity index is 700. The van der Waals surface area contributed by atoms with Crippen molar-refractivity contribution in [1.29, 1.82) is 0 Å². The van der Waals surface area contributed by atoms with E-state index in [4.69, 9.17) is 5.73 Å². The van der Waals surface area contributed by atoms with Gasteiger partial charge in [0.1, 0.15) is 0 Å². The molecule has 21 heavy (non-hydrogen) atoms. The molecule has 0 aliphatic carbocycles. The highest BCUT2D eigenvalue weighted by Gasteiger charge is 2.15. The summed E-state index contributed by atoms with van der Waals surface area (Å²) >= 11 is 3.32. The van der Waals surface area contributed by atoms with Crippen molar-refractivity contribution in [2.45, 2.75) is 17.7 Å². The van der Waals surface area contributed by atoms with Gasteiger partial charge in [-0.3, -0.25) is 4.72 Å². The first-order valence-corrected chi connectivity index (χ1v) is 8.87. The fourth-order valence-corrected chi connectivity index (χ4v) is 3.48. The van der Waals surface area contributed by atoms with Crippen LogP contribution in [0.15, 0.2) is 57.9 Å². The number of anilines is 1. The van der Waals surface area contributed by atoms with Gasteiger partial charge in [-0.2, -0.15) is 0 Å². The SMILES string of the molecule is NCCCc1ccc(S(=O)(=O)Nc2ccccc2Br)cc1. The zero-order valence-electron chi connectivity index (χ0n) is 11.4. The lowest BCUT2D eigenvalue weighted by atomic mass is 10.1. The van der Waals surface area contributed by atoms with Crippen molar-refractivity contribution in [3.63, 3.8) is 0 Å². The summed E-state index contributed by atoms with van der Waals surface area (Å²) in [7, 11) is -3.58. The maximum atomic E-state index is 12.3. The minimum atomic E-state index is -3.58. The monoisotopic (exact) mass is 368 g/mol. The van der Waals surface area contributed by atoms with Crippen LogP contribution in [0.4, 0.5) is 5.69 Å². The van der Waals surface area contributed by atoms with E-state index in [-0.39, 0.29) is 4.90 Å². The molecule has 6 heteroatoms. The Labute approximate surface area is 133 Å². The van der Waals surface area contributed by atoms with Crippen LogP contribution < -0.4 is 10.5 Å². The molecule has 0 radical (unpaired) electrons. The molecule has 0 aliphatic rings. The van der Waals surface area contributed by atoms with Crippen LogP contribution in [0.3, 0.4) is 0 Å². The van der Waals surface area contributed by atoms with Crippen molar-refractivity contribution >= 4 is 31.6 Å². The number of para-hydroxylation sites is 1. The standard InChI is InChI=1S/C15H17BrN2O2S/c16-14-5-1-2-6-15(14)18-21(19,20)13-9-7-12(8-10-13)4-3-11-17/h1-2,5-10,18H,3-4,11,17H2. The molecule has 2 aromatic rings. The Hall–Kier alpha value is -1.37. The van der Waals surface area contributed by atoms with Gasteiger partial charge in [-0.05, 0) is 65.1 Å². The highest BCUT2D eigenvalue weighted by Crippen LogP contribution is 2.24. The molecule has 0 unspecified atom stereocenters. The number of halogens is 1. The van der Waals surface area contributed by atoms with E-state index in [0.717, 1.165) is 18.4 Å². The van der Waals surface area contributed by atoms with Crippen molar-refractivity contribution in [3.8, 4) is 0 Å². The number of nitrogens with one attached hydrogen (secondary N) is 1. The van der Waals surface area contributed by atoms with Crippen molar-refractivity contribution in [3.05, 3.63) is 58.6 Å². The molecule has 0 bridgehead atoms. The molecule has 2 aromatic carbocycles. The van der Waals surface area contributed by atoms with E-state index in [0.29, 0.717) is 16.7 Å². The molecule has 0 spiro atoms. The van der Waals surface area contributed by atoms with Gasteiger partial charge >= 0.3 is 0 Å². The molecule has 0 fully saturated rings. The Balaban J connectivity index is 2.18. The molecular weight excluding hydrogens is 352 g/mol. The van der Waals surface area contributed by atoms with Gasteiger partial charge in [-0.25, -0.2) is 8.42 Å². The third kappa shape index (κ3) is 4.30. The summed E-state index contributed by atoms with van der Waals surface area (Å²) < 4.78 is 27.9. The largest absolute Gasteiger partial charge is 0.330 e. The van der Waals surface area contributed by atoms with Gasteiger partial charge in [0.05, 0.1) is 10.6 Å². The predicted molar refractivity (Wildman–Crippen MR) is 88.8 cm³/mol. The lowest BCUT2D eigenvalue weighted by Gasteiger charge is -2.10. The van der Waals surface area contributed by atoms with E-state index in [1.54, 1.807) is 30.3 Å². The second-order valence-corrected chi connectivity index (χ2v) is 7.16. The van der Waals surface area contributed by atoms with Crippen LogP contribution in [-0.4, -0.2) is 15.0 Å². The first-order chi connectivity index (χ1) is 10.0. The average Bonchev–Trinajstić information content (AvgIpc) is 2.48. The number of benzene rings is 2. The van der Waals surface area contributed by atoms with Gasteiger partial charge in [0.25, 0.3) is 10.0 Å². The third-order valence-electron chi connectivity index (χ3n) is 3.02. The van der Waals surface area contributed by atoms with Crippen LogP contribution in [0.5, 0.6) is 0 Å². The van der Waals surface area contributed by atoms with Crippen molar-refractivity contribution in [2.24, 2.45) is 5.73 Å². The molecule has 2 rings (SSSR count). The lowest BCUT2D eigenvalue weighted by molar-refractivity contribution is 0.601. The first-order valence-electron chi connectivity index (χ1n) is 6.59. The molecule has 4 nitrogen and oxygen atoms in total. The van der Waals surface area contributed by atoms with Gasteiger partial charge in [0.2, 0.25) is 0 Å². The number of nitrogens with two attached hydrogens (primary N) is 1. The quantitative estimate of drug-likeness (QED) is 0.822. The maximum absolute atomic E-state index is 12.3. The lowest BCUT2D eigenvalue weighted by Crippen LogP contribution is -2.13. The highest BCUT2D eigenvalue weighted by molar-refractivity contribution is 9.10. The fourth-order valence-electron chi connectivity index (χ4n) is 1.89. The van der Waals surface area contributed by atoms with E-state index in [9.17, 15) is 8.42 Å². The topological polar surface area (TPSA) is 72.2 Å². The molecule has 112 valence electrons. The maximum Gasteiger partial charge on any atom is 0.261 e. The summed E-state index contributed by atoms with van der Waals surface area (Å²) in [4.78, 5) is 0.245. The summed E-state index contributed by atoms with van der Waals surface area (Å²) in [5.41, 5.74) is 7.07. The van der Waals surface area contributed by atoms with Gasteiger partial charge in [-0.15, -0.1) is 0 Å². The summed E-state index contributed by atoms with van der Waals surface area (Å²) in [5.74, 6) is 0. The van der Waals surface area contributed by atoms with Crippen molar-refractivity contribution < 1.29 is 8.42 Å². The molecule has 3 N–H and O–H groups in total. The van der Waals surface area contributed by atoms with Crippen LogP contribution in [0.25, 0.3) is 0 Å². The van der Waals surface area contributed by atoms with E-state index in [2.05, 4.69) is 20.7 Å². The third-order valence-corrected chi connectivity index (χ3v) is 5.09. The van der Waals surface area contributed by atoms with Gasteiger partial charge < -0.3 is 5.73 Å². The normalized spacial score (nSPS) is 11.3. The molecular formula is C15H17BrN2O2S. The second kappa shape index (κ2) is 7.06. The van der Waals surface area contributed by atoms with Gasteiger partial charge in [0, 0.05) is 4.47 Å². The molecule has 0 aliphatic heterocycles. The van der Waals surface area contributed by atoms with E-state index < -0.39 is 10.0 Å². The van der Waals surface area contributed by atoms with E-state index in [1.165, 1.54) is 0 Å². The van der Waals surface area contributed by atoms with Crippen molar-refractivity contribution in [1.82, 2.24) is 0 Å². The minimum Gasteiger partial charge on any atom is -0.330 e. The fraction of sp³-hybridized carbons (Fsp3) is 0.200. The van der Waals surface area contributed by atoms with Gasteiger partial charge in [-0.1, -0.05) is 24.3 Å². The highest BCUT2D eigenvalue weighted by atomic mass is 79.9. The Kier molecular flexibility index (Phi) is 5.39. The average molecular weight is 369 g/mol. The number of hydrogen-bond acceptors (Lipinski definition) is 3. The first kappa shape index (κ1) is 16.0. The van der Waals surface area contributed by atoms with Crippen LogP contribution in [0.1, 0.15) is 12.0 Å². The van der Waals surface area contributed by atoms with Gasteiger partial charge in [0.15, 0.2) is 0 Å². The second-order valence-electron chi connectivity index (χ2n) is 4.62. The smallest absolute Gasteiger partial charge is 0.261 e. The zero-order chi connectivity index (χ0) is 15.3. The van der Waals surface area contributed by atoms with Crippen LogP contribution in [0.2, 0.25) is 0 Å². The predicted octanol–water partition coefficient (Wildman–Crippen LogP) is 3.14. The van der Waals surface area contributed by atoms with E-state index >= 15 is 0 Å². The van der Waals surface area contributed by atoms with E-state index in [1.807, 2.05) is 18.2 Å². The number of hydrogen-bond donors (Lipinski definition) is 2. The summed E-state index contributed by atoms with van der Waals surface area (Å²) in [6.07, 6.45) is 1.75. The summed E-state index contributed by atoms with van der Waals surface area (Å²) in [6, 6.07) is 14.0. The van der Waals surface area contributed by atoms with Crippen LogP contribution in [0, 0.1) is 0 Å². The molecule has 0 aromatic heterocycles. The van der Waals surface area contributed by atoms with Crippen LogP contribution in [-0.2, 0) is 16.4 Å². The number of rotatable bonds is 6. The Morgan fingerprint density at radius 3 is 2.33 bits per heavy atom. The molecule has 0 amide bonds. The van der Waals surface area contributed by atoms with Crippen LogP contribution >= 0.6 is 15.9 Å². The molecule has 0 atom stereocenters. The number of aryl methyl sites for hydroxylation is 1. The molecule has 0 saturated heterocycles. The Morgan fingerprint density at radius 1 is 1.05 bits per heavy atom. The molecule has 0 heterocycles. The number of sulfonamides is 1. The zero-order valence-corrected chi connectivity index (χ0v) is 13.8. The Morgan fingerprint density at radius 2 is 1.71 bits per heavy atom. The summed E-state index contributed by atoms with van der Waals surface area (Å²) in [6.45, 7) is 0.629. The van der Waals surface area contributed by atoms with Crippen molar-refractivity contribution in [2.75, 3.05) is 11.3 Å². The molecule has 0 saturated carbocycles. The minimum absolute atomic E-state index is 0.245. The summed E-state index contributed by atoms with van der Waals surface area (Å²) in [5, 5.41) is 0.